The Morgan fingerprint density at radius 3 is 0.565 bits per heavy atom. The smallest absolute Gasteiger partial charge is 0.107 e. The first-order chi connectivity index (χ1) is 61.2. The molecule has 0 heteroatoms. The molecule has 16 aromatic rings. The average molecular weight is 1590 g/mol. The van der Waals surface area contributed by atoms with E-state index in [1.807, 2.05) is 104 Å². The standard InChI is InChI=1S/C54H34.C54H38.4C4H6/c1-3-15-39(16-4-1)35-37-53(49-23-11-7-19-45(49)46-20-8-12-24-50(46)53)43-31-27-41(28-32-43)42-29-33-44(34-30-42)54(38-36-40-17-5-2-6-18-40)51-25-13-9-21-47(51)48-22-10-14-26-52(48)54;1-7-19-43(20-8-1)39-41-53(47-23-11-3-12-24-47,48-25-13-4-14-26-48)51-35-31-45(32-36-51)46-33-37-52(38-34-46)54(49-27-15-5-16-28-49,50-29-17-6-18-30-50)42-40-44-21-9-2-10-22-44;4*1-3-4-2/h1-34H;1-38H;4*1-2H3. The third-order valence-electron chi connectivity index (χ3n) is 22.3. The summed E-state index contributed by atoms with van der Waals surface area (Å²) in [4.78, 5) is 0. The Labute approximate surface area is 737 Å². The molecule has 0 spiro atoms. The fourth-order valence-corrected chi connectivity index (χ4v) is 16.1. The molecular formula is C124H96. The normalized spacial score (nSPS) is 11.2. The van der Waals surface area contributed by atoms with E-state index in [0.717, 1.165) is 89.0 Å². The predicted molar refractivity (Wildman–Crippen MR) is 523 cm³/mol. The molecule has 16 aromatic carbocycles. The van der Waals surface area contributed by atoms with E-state index in [0.29, 0.717) is 0 Å². The predicted octanol–water partition coefficient (Wildman–Crippen LogP) is 28.3. The molecule has 0 saturated carbocycles. The molecule has 0 saturated heterocycles. The first-order valence-electron chi connectivity index (χ1n) is 41.9. The van der Waals surface area contributed by atoms with Crippen LogP contribution < -0.4 is 0 Å². The highest BCUT2D eigenvalue weighted by molar-refractivity contribution is 5.88. The molecule has 0 heterocycles. The molecule has 0 atom stereocenters. The molecule has 18 rings (SSSR count). The van der Waals surface area contributed by atoms with Crippen molar-refractivity contribution in [3.8, 4) is 139 Å². The van der Waals surface area contributed by atoms with Crippen LogP contribution in [0.15, 0.2) is 437 Å². The van der Waals surface area contributed by atoms with Gasteiger partial charge in [0.1, 0.15) is 21.7 Å². The SMILES string of the molecule is C(#CC(c1ccccc1)(c1ccccc1)c1ccc(-c2ccc(C(C#Cc3ccccc3)(c3ccccc3)c3ccccc3)cc2)cc1)c1ccccc1.C(#CC1(c2ccc(-c3ccc(C4(C#Cc5ccccc5)c5ccccc5-c5ccccc54)cc3)cc2)c2ccccc2-c2ccccc21)c1ccccc1.CC#CC.CC#CC.CC#CC.CC#CC. The van der Waals surface area contributed by atoms with Gasteiger partial charge in [0.2, 0.25) is 0 Å². The second-order valence-electron chi connectivity index (χ2n) is 29.4. The van der Waals surface area contributed by atoms with Crippen molar-refractivity contribution < 1.29 is 0 Å². The van der Waals surface area contributed by atoms with Gasteiger partial charge in [-0.1, -0.05) is 436 Å². The van der Waals surface area contributed by atoms with Gasteiger partial charge in [-0.2, -0.15) is 0 Å². The Kier molecular flexibility index (Phi) is 29.5. The molecule has 0 N–H and O–H groups in total. The lowest BCUT2D eigenvalue weighted by molar-refractivity contribution is 0.808. The van der Waals surface area contributed by atoms with Gasteiger partial charge in [-0.15, -0.1) is 47.4 Å². The average Bonchev–Trinajstić information content (AvgIpc) is 1.55. The third kappa shape index (κ3) is 19.0. The highest BCUT2D eigenvalue weighted by Gasteiger charge is 2.46. The van der Waals surface area contributed by atoms with Gasteiger partial charge in [0.15, 0.2) is 0 Å². The Balaban J connectivity index is 0.000000182. The zero-order valence-corrected chi connectivity index (χ0v) is 71.6. The summed E-state index contributed by atoms with van der Waals surface area (Å²) in [5.74, 6) is 50.8. The minimum atomic E-state index is -0.677. The monoisotopic (exact) mass is 1580 g/mol. The maximum atomic E-state index is 3.82. The van der Waals surface area contributed by atoms with Crippen molar-refractivity contribution in [2.24, 2.45) is 0 Å². The Hall–Kier alpha value is -16.0. The van der Waals surface area contributed by atoms with Crippen molar-refractivity contribution >= 4 is 0 Å². The molecule has 0 aromatic heterocycles. The van der Waals surface area contributed by atoms with Crippen molar-refractivity contribution in [2.75, 3.05) is 0 Å². The molecule has 0 radical (unpaired) electrons. The van der Waals surface area contributed by atoms with E-state index in [-0.39, 0.29) is 0 Å². The number of hydrogen-bond acceptors (Lipinski definition) is 0. The molecule has 2 aliphatic carbocycles. The van der Waals surface area contributed by atoms with Crippen molar-refractivity contribution in [2.45, 2.75) is 77.0 Å². The molecule has 0 bridgehead atoms. The van der Waals surface area contributed by atoms with E-state index in [4.69, 9.17) is 0 Å². The maximum absolute atomic E-state index is 3.82. The summed E-state index contributed by atoms with van der Waals surface area (Å²) in [6, 6.07) is 155. The summed E-state index contributed by atoms with van der Waals surface area (Å²) in [5.41, 5.74) is 25.0. The molecule has 0 amide bonds. The summed E-state index contributed by atoms with van der Waals surface area (Å²) in [6.45, 7) is 14.6. The topological polar surface area (TPSA) is 0 Å². The van der Waals surface area contributed by atoms with Crippen LogP contribution in [-0.4, -0.2) is 0 Å². The van der Waals surface area contributed by atoms with Crippen molar-refractivity contribution in [3.63, 3.8) is 0 Å². The van der Waals surface area contributed by atoms with E-state index in [1.165, 1.54) is 44.5 Å². The van der Waals surface area contributed by atoms with Crippen LogP contribution in [0, 0.1) is 94.7 Å². The van der Waals surface area contributed by atoms with Crippen LogP contribution in [0.3, 0.4) is 0 Å². The van der Waals surface area contributed by atoms with Crippen molar-refractivity contribution in [1.82, 2.24) is 0 Å². The lowest BCUT2D eigenvalue weighted by Gasteiger charge is -2.31. The third-order valence-corrected chi connectivity index (χ3v) is 22.3. The summed E-state index contributed by atoms with van der Waals surface area (Å²) < 4.78 is 0. The van der Waals surface area contributed by atoms with Gasteiger partial charge < -0.3 is 0 Å². The summed E-state index contributed by atoms with van der Waals surface area (Å²) in [5, 5.41) is 0. The fourth-order valence-electron chi connectivity index (χ4n) is 16.1. The summed E-state index contributed by atoms with van der Waals surface area (Å²) >= 11 is 0. The van der Waals surface area contributed by atoms with Gasteiger partial charge in [-0.05, 0) is 215 Å². The van der Waals surface area contributed by atoms with Gasteiger partial charge in [0, 0.05) is 22.3 Å². The van der Waals surface area contributed by atoms with Gasteiger partial charge in [-0.3, -0.25) is 0 Å². The van der Waals surface area contributed by atoms with Crippen LogP contribution in [0.25, 0.3) is 44.5 Å². The van der Waals surface area contributed by atoms with E-state index in [1.54, 1.807) is 0 Å². The summed E-state index contributed by atoms with van der Waals surface area (Å²) in [7, 11) is 0. The molecule has 124 heavy (non-hydrogen) atoms. The van der Waals surface area contributed by atoms with Crippen LogP contribution in [0.2, 0.25) is 0 Å². The zero-order valence-electron chi connectivity index (χ0n) is 71.6. The first-order valence-corrected chi connectivity index (χ1v) is 41.9. The lowest BCUT2D eigenvalue weighted by atomic mass is 9.69. The van der Waals surface area contributed by atoms with E-state index < -0.39 is 21.7 Å². The molecule has 592 valence electrons. The largest absolute Gasteiger partial charge is 0.108 e. The molecule has 0 unspecified atom stereocenters. The highest BCUT2D eigenvalue weighted by Crippen LogP contribution is 2.55. The van der Waals surface area contributed by atoms with Crippen molar-refractivity contribution in [3.05, 3.63) is 526 Å². The Morgan fingerprint density at radius 2 is 0.347 bits per heavy atom. The van der Waals surface area contributed by atoms with Crippen LogP contribution in [0.1, 0.15) is 144 Å². The van der Waals surface area contributed by atoms with E-state index in [2.05, 4.69) is 483 Å². The van der Waals surface area contributed by atoms with Gasteiger partial charge in [0.25, 0.3) is 0 Å². The quantitative estimate of drug-likeness (QED) is 0.0946. The number of hydrogen-bond donors (Lipinski definition) is 0. The fraction of sp³-hybridized carbons (Fsp3) is 0.0968. The highest BCUT2D eigenvalue weighted by atomic mass is 14.5. The number of benzene rings is 16. The van der Waals surface area contributed by atoms with E-state index >= 15 is 0 Å². The molecule has 0 nitrogen and oxygen atoms in total. The Morgan fingerprint density at radius 1 is 0.169 bits per heavy atom. The molecule has 0 fully saturated rings. The van der Waals surface area contributed by atoms with Crippen LogP contribution in [0.5, 0.6) is 0 Å². The maximum Gasteiger partial charge on any atom is 0.108 e. The van der Waals surface area contributed by atoms with Crippen LogP contribution >= 0.6 is 0 Å². The molecule has 2 aliphatic rings. The second kappa shape index (κ2) is 42.6. The van der Waals surface area contributed by atoms with Crippen LogP contribution in [-0.2, 0) is 21.7 Å². The van der Waals surface area contributed by atoms with Gasteiger partial charge in [-0.25, -0.2) is 0 Å². The second-order valence-corrected chi connectivity index (χ2v) is 29.4. The van der Waals surface area contributed by atoms with Crippen LogP contribution in [0.4, 0.5) is 0 Å². The minimum Gasteiger partial charge on any atom is -0.107 e. The minimum absolute atomic E-state index is 0.599. The van der Waals surface area contributed by atoms with Gasteiger partial charge >= 0.3 is 0 Å². The lowest BCUT2D eigenvalue weighted by Crippen LogP contribution is -2.28. The van der Waals surface area contributed by atoms with Crippen molar-refractivity contribution in [1.29, 1.82) is 0 Å². The van der Waals surface area contributed by atoms with E-state index in [9.17, 15) is 0 Å². The molecular weight excluding hydrogens is 1490 g/mol. The number of fused-ring (bicyclic) bond motifs is 6. The Bertz CT molecular complexity index is 5920. The van der Waals surface area contributed by atoms with Gasteiger partial charge in [0.05, 0.1) is 0 Å². The number of rotatable bonds is 10. The summed E-state index contributed by atoms with van der Waals surface area (Å²) in [6.07, 6.45) is 0. The first kappa shape index (κ1) is 85.9. The molecule has 0 aliphatic heterocycles. The zero-order chi connectivity index (χ0) is 86.1.